The molecule has 0 aromatic heterocycles. The Hall–Kier alpha value is -0.830. The molecule has 3 nitrogen and oxygen atoms in total. The second-order valence-electron chi connectivity index (χ2n) is 1.86. The summed E-state index contributed by atoms with van der Waals surface area (Å²) in [6, 6.07) is 0. The molecule has 0 aromatic carbocycles. The highest BCUT2D eigenvalue weighted by molar-refractivity contribution is 5.86. The topological polar surface area (TPSA) is 29.5 Å². The van der Waals surface area contributed by atoms with Crippen LogP contribution in [0.25, 0.3) is 0 Å². The summed E-state index contributed by atoms with van der Waals surface area (Å²) in [4.78, 5) is 15.7. The first kappa shape index (κ1) is 10.2. The fourth-order valence-corrected chi connectivity index (χ4v) is 0.610. The number of hydrogen-bond donors (Lipinski definition) is 0. The van der Waals surface area contributed by atoms with Gasteiger partial charge in [-0.1, -0.05) is 19.9 Å². The zero-order valence-electron chi connectivity index (χ0n) is 7.33. The lowest BCUT2D eigenvalue weighted by molar-refractivity contribution is -0.170. The van der Waals surface area contributed by atoms with E-state index in [1.165, 1.54) is 11.1 Å². The molecule has 0 spiro atoms. The molecule has 0 bridgehead atoms. The lowest BCUT2D eigenvalue weighted by Crippen LogP contribution is -2.23. The van der Waals surface area contributed by atoms with Crippen molar-refractivity contribution in [3.8, 4) is 0 Å². The molecule has 1 heterocycles. The van der Waals surface area contributed by atoms with Crippen LogP contribution in [0.15, 0.2) is 12.2 Å². The molecule has 0 fully saturated rings. The van der Waals surface area contributed by atoms with E-state index < -0.39 is 0 Å². The molecule has 1 rings (SSSR count). The zero-order chi connectivity index (χ0) is 8.69. The quantitative estimate of drug-likeness (QED) is 0.531. The molecule has 0 N–H and O–H groups in total. The number of rotatable bonds is 0. The van der Waals surface area contributed by atoms with E-state index in [0.717, 1.165) is 6.42 Å². The maximum Gasteiger partial charge on any atom is 0.269 e. The number of amides is 1. The van der Waals surface area contributed by atoms with Gasteiger partial charge in [-0.25, -0.2) is 5.06 Å². The average Bonchev–Trinajstić information content (AvgIpc) is 2.22. The Morgan fingerprint density at radius 1 is 1.55 bits per heavy atom. The van der Waals surface area contributed by atoms with Gasteiger partial charge in [0.2, 0.25) is 0 Å². The van der Waals surface area contributed by atoms with E-state index in [1.54, 1.807) is 7.05 Å². The molecule has 11 heavy (non-hydrogen) atoms. The molecular weight excluding hydrogens is 142 g/mol. The van der Waals surface area contributed by atoms with Gasteiger partial charge in [-0.15, -0.1) is 0 Å². The monoisotopic (exact) mass is 157 g/mol. The van der Waals surface area contributed by atoms with E-state index in [9.17, 15) is 4.79 Å². The van der Waals surface area contributed by atoms with Crippen LogP contribution in [-0.4, -0.2) is 24.6 Å². The third kappa shape index (κ3) is 3.78. The van der Waals surface area contributed by atoms with E-state index in [0.29, 0.717) is 6.61 Å². The van der Waals surface area contributed by atoms with E-state index in [4.69, 9.17) is 4.84 Å². The van der Waals surface area contributed by atoms with Crippen molar-refractivity contribution in [2.24, 2.45) is 0 Å². The molecule has 0 radical (unpaired) electrons. The molecule has 1 aliphatic rings. The van der Waals surface area contributed by atoms with Crippen LogP contribution in [0.1, 0.15) is 20.3 Å². The molecule has 0 aromatic rings. The summed E-state index contributed by atoms with van der Waals surface area (Å²) in [5.74, 6) is -0.0903. The van der Waals surface area contributed by atoms with Crippen molar-refractivity contribution in [2.45, 2.75) is 20.3 Å². The Morgan fingerprint density at radius 2 is 2.18 bits per heavy atom. The van der Waals surface area contributed by atoms with E-state index in [1.807, 2.05) is 19.9 Å². The lowest BCUT2D eigenvalue weighted by Gasteiger charge is -2.10. The van der Waals surface area contributed by atoms with Crippen molar-refractivity contribution in [3.05, 3.63) is 12.2 Å². The van der Waals surface area contributed by atoms with E-state index in [2.05, 4.69) is 0 Å². The first-order valence-electron chi connectivity index (χ1n) is 3.88. The number of hydroxylamine groups is 2. The summed E-state index contributed by atoms with van der Waals surface area (Å²) in [7, 11) is 1.61. The molecule has 0 saturated carbocycles. The third-order valence-corrected chi connectivity index (χ3v) is 1.14. The Bertz CT molecular complexity index is 143. The van der Waals surface area contributed by atoms with Crippen LogP contribution in [0, 0.1) is 0 Å². The third-order valence-electron chi connectivity index (χ3n) is 1.14. The van der Waals surface area contributed by atoms with Crippen LogP contribution in [-0.2, 0) is 9.63 Å². The first-order valence-corrected chi connectivity index (χ1v) is 3.88. The fraction of sp³-hybridized carbons (Fsp3) is 0.625. The molecular formula is C8H15NO2. The van der Waals surface area contributed by atoms with Crippen molar-refractivity contribution in [1.29, 1.82) is 0 Å². The minimum absolute atomic E-state index is 0.0903. The van der Waals surface area contributed by atoms with Crippen molar-refractivity contribution in [3.63, 3.8) is 0 Å². The maximum absolute atomic E-state index is 10.7. The molecule has 0 unspecified atom stereocenters. The Kier molecular flexibility index (Phi) is 5.47. The Labute approximate surface area is 67.6 Å². The van der Waals surface area contributed by atoms with Crippen molar-refractivity contribution in [2.75, 3.05) is 13.7 Å². The van der Waals surface area contributed by atoms with E-state index in [-0.39, 0.29) is 5.91 Å². The van der Waals surface area contributed by atoms with Gasteiger partial charge >= 0.3 is 0 Å². The predicted octanol–water partition coefficient (Wildman–Crippen LogP) is 1.36. The van der Waals surface area contributed by atoms with Gasteiger partial charge in [-0.2, -0.15) is 0 Å². The zero-order valence-corrected chi connectivity index (χ0v) is 7.33. The van der Waals surface area contributed by atoms with Crippen molar-refractivity contribution >= 4 is 5.91 Å². The standard InChI is InChI=1S/C6H9NO2.C2H6/c1-7-6(8)4-2-3-5-9-7;1-2/h2,4H,3,5H2,1H3;1-2H3. The highest BCUT2D eigenvalue weighted by Gasteiger charge is 2.06. The van der Waals surface area contributed by atoms with Crippen LogP contribution in [0.4, 0.5) is 0 Å². The normalized spacial score (nSPS) is 17.0. The summed E-state index contributed by atoms with van der Waals surface area (Å²) in [6.07, 6.45) is 4.15. The average molecular weight is 157 g/mol. The first-order chi connectivity index (χ1) is 5.30. The fourth-order valence-electron chi connectivity index (χ4n) is 0.610. The smallest absolute Gasteiger partial charge is 0.269 e. The number of carbonyl (C=O) groups excluding carboxylic acids is 1. The predicted molar refractivity (Wildman–Crippen MR) is 43.8 cm³/mol. The molecule has 1 amide bonds. The maximum atomic E-state index is 10.7. The van der Waals surface area contributed by atoms with Crippen LogP contribution >= 0.6 is 0 Å². The number of likely N-dealkylation sites (N-methyl/N-ethyl adjacent to an activating group) is 1. The lowest BCUT2D eigenvalue weighted by atomic mass is 10.4. The van der Waals surface area contributed by atoms with Crippen molar-refractivity contribution in [1.82, 2.24) is 5.06 Å². The Morgan fingerprint density at radius 3 is 2.82 bits per heavy atom. The molecule has 0 atom stereocenters. The van der Waals surface area contributed by atoms with Gasteiger partial charge in [-0.05, 0) is 6.42 Å². The SMILES string of the molecule is CC.CN1OCCC=CC1=O. The highest BCUT2D eigenvalue weighted by Crippen LogP contribution is 1.97. The van der Waals surface area contributed by atoms with Crippen LogP contribution in [0.5, 0.6) is 0 Å². The highest BCUT2D eigenvalue weighted by atomic mass is 16.7. The van der Waals surface area contributed by atoms with Gasteiger partial charge in [0.15, 0.2) is 0 Å². The molecule has 1 aliphatic heterocycles. The van der Waals surface area contributed by atoms with Gasteiger partial charge in [0, 0.05) is 13.1 Å². The van der Waals surface area contributed by atoms with Gasteiger partial charge in [-0.3, -0.25) is 9.63 Å². The van der Waals surface area contributed by atoms with Crippen LogP contribution in [0.2, 0.25) is 0 Å². The minimum Gasteiger partial charge on any atom is -0.271 e. The number of nitrogens with zero attached hydrogens (tertiary/aromatic N) is 1. The van der Waals surface area contributed by atoms with Crippen molar-refractivity contribution < 1.29 is 9.63 Å². The van der Waals surface area contributed by atoms with Gasteiger partial charge in [0.25, 0.3) is 5.91 Å². The summed E-state index contributed by atoms with van der Waals surface area (Å²) >= 11 is 0. The summed E-state index contributed by atoms with van der Waals surface area (Å²) in [5.41, 5.74) is 0. The molecule has 3 heteroatoms. The summed E-state index contributed by atoms with van der Waals surface area (Å²) in [6.45, 7) is 4.60. The van der Waals surface area contributed by atoms with Gasteiger partial charge in [0.05, 0.1) is 6.61 Å². The van der Waals surface area contributed by atoms with Gasteiger partial charge in [0.1, 0.15) is 0 Å². The van der Waals surface area contributed by atoms with Gasteiger partial charge < -0.3 is 0 Å². The number of hydrogen-bond acceptors (Lipinski definition) is 2. The molecule has 64 valence electrons. The second kappa shape index (κ2) is 5.92. The summed E-state index contributed by atoms with van der Waals surface area (Å²) < 4.78 is 0. The van der Waals surface area contributed by atoms with E-state index >= 15 is 0 Å². The second-order valence-corrected chi connectivity index (χ2v) is 1.86. The summed E-state index contributed by atoms with van der Waals surface area (Å²) in [5, 5.41) is 1.24. The largest absolute Gasteiger partial charge is 0.271 e. The minimum atomic E-state index is -0.0903. The molecule has 0 aliphatic carbocycles. The Balaban J connectivity index is 0.000000461. The number of carbonyl (C=O) groups is 1. The van der Waals surface area contributed by atoms with Crippen LogP contribution < -0.4 is 0 Å². The molecule has 0 saturated heterocycles. The van der Waals surface area contributed by atoms with Crippen LogP contribution in [0.3, 0.4) is 0 Å².